The zero-order chi connectivity index (χ0) is 20.1. The van der Waals surface area contributed by atoms with Crippen LogP contribution in [-0.4, -0.2) is 34.9 Å². The zero-order valence-corrected chi connectivity index (χ0v) is 15.4. The molecular formula is C19H20N6O3. The van der Waals surface area contributed by atoms with E-state index < -0.39 is 0 Å². The van der Waals surface area contributed by atoms with Gasteiger partial charge in [-0.2, -0.15) is 5.10 Å². The second-order valence-corrected chi connectivity index (χ2v) is 5.95. The number of hydrogen-bond acceptors (Lipinski definition) is 5. The van der Waals surface area contributed by atoms with Crippen molar-refractivity contribution in [2.75, 3.05) is 12.4 Å². The van der Waals surface area contributed by atoms with Gasteiger partial charge in [-0.25, -0.2) is 5.48 Å². The molecule has 28 heavy (non-hydrogen) atoms. The van der Waals surface area contributed by atoms with E-state index in [0.717, 1.165) is 22.2 Å². The topological polar surface area (TPSA) is 137 Å². The van der Waals surface area contributed by atoms with Crippen LogP contribution < -0.4 is 21.3 Å². The van der Waals surface area contributed by atoms with Crippen molar-refractivity contribution in [2.45, 2.75) is 6.92 Å². The first-order valence-corrected chi connectivity index (χ1v) is 8.36. The molecule has 1 heterocycles. The van der Waals surface area contributed by atoms with E-state index in [0.29, 0.717) is 17.1 Å². The molecule has 0 aliphatic carbocycles. The summed E-state index contributed by atoms with van der Waals surface area (Å²) in [5.41, 5.74) is 10.3. The van der Waals surface area contributed by atoms with Crippen molar-refractivity contribution >= 4 is 34.2 Å². The molecule has 0 fully saturated rings. The average molecular weight is 380 g/mol. The third-order valence-electron chi connectivity index (χ3n) is 4.06. The minimum absolute atomic E-state index is 0.209. The standard InChI is InChI=1S/C19H20N6O3/c1-11(23-24-19(20)25-27)12-3-5-14(6-4-12)21-18(26)17-10-13-9-15(28-2)7-8-16(13)22-17/h3-10,22,27H,1-2H3,(H,21,26)(H3,20,24,25)/b23-11-. The summed E-state index contributed by atoms with van der Waals surface area (Å²) < 4.78 is 5.20. The number of carbonyl (C=O) groups excluding carboxylic acids is 1. The summed E-state index contributed by atoms with van der Waals surface area (Å²) in [4.78, 5) is 15.6. The van der Waals surface area contributed by atoms with Gasteiger partial charge in [-0.05, 0) is 48.9 Å². The monoisotopic (exact) mass is 380 g/mol. The maximum atomic E-state index is 12.5. The summed E-state index contributed by atoms with van der Waals surface area (Å²) in [6.07, 6.45) is 0. The van der Waals surface area contributed by atoms with E-state index in [1.807, 2.05) is 18.2 Å². The smallest absolute Gasteiger partial charge is 0.272 e. The molecule has 0 bridgehead atoms. The van der Waals surface area contributed by atoms with Gasteiger partial charge in [0.1, 0.15) is 11.4 Å². The number of H-pyrrole nitrogens is 1. The molecule has 3 aromatic rings. The van der Waals surface area contributed by atoms with E-state index in [-0.39, 0.29) is 11.9 Å². The average Bonchev–Trinajstić information content (AvgIpc) is 3.15. The number of hydroxylamine groups is 1. The maximum absolute atomic E-state index is 12.5. The van der Waals surface area contributed by atoms with Gasteiger partial charge in [-0.1, -0.05) is 12.1 Å². The summed E-state index contributed by atoms with van der Waals surface area (Å²) in [6.45, 7) is 1.75. The number of benzene rings is 2. The highest BCUT2D eigenvalue weighted by molar-refractivity contribution is 6.06. The van der Waals surface area contributed by atoms with E-state index >= 15 is 0 Å². The minimum atomic E-state index is -0.250. The summed E-state index contributed by atoms with van der Waals surface area (Å²) in [6, 6.07) is 14.4. The molecule has 0 saturated carbocycles. The summed E-state index contributed by atoms with van der Waals surface area (Å²) in [5, 5.41) is 19.8. The molecule has 6 N–H and O–H groups in total. The van der Waals surface area contributed by atoms with Crippen LogP contribution in [-0.2, 0) is 0 Å². The van der Waals surface area contributed by atoms with Crippen LogP contribution in [0.5, 0.6) is 5.75 Å². The highest BCUT2D eigenvalue weighted by atomic mass is 16.5. The number of methoxy groups -OCH3 is 1. The van der Waals surface area contributed by atoms with E-state index in [1.165, 1.54) is 0 Å². The van der Waals surface area contributed by atoms with Gasteiger partial charge in [0.15, 0.2) is 0 Å². The van der Waals surface area contributed by atoms with E-state index in [2.05, 4.69) is 20.5 Å². The number of aromatic nitrogens is 1. The first kappa shape index (κ1) is 18.9. The van der Waals surface area contributed by atoms with E-state index in [4.69, 9.17) is 15.7 Å². The highest BCUT2D eigenvalue weighted by Crippen LogP contribution is 2.22. The Bertz CT molecular complexity index is 1050. The van der Waals surface area contributed by atoms with Gasteiger partial charge < -0.3 is 20.8 Å². The Hall–Kier alpha value is -3.85. The lowest BCUT2D eigenvalue weighted by Crippen LogP contribution is -2.27. The lowest BCUT2D eigenvalue weighted by molar-refractivity contribution is 0.102. The first-order valence-electron chi connectivity index (χ1n) is 8.36. The van der Waals surface area contributed by atoms with Gasteiger partial charge in [-0.3, -0.25) is 10.0 Å². The molecule has 1 amide bonds. The second kappa shape index (κ2) is 8.23. The van der Waals surface area contributed by atoms with Crippen molar-refractivity contribution in [3.05, 3.63) is 59.8 Å². The van der Waals surface area contributed by atoms with Crippen LogP contribution in [0, 0.1) is 0 Å². The van der Waals surface area contributed by atoms with Crippen molar-refractivity contribution in [3.63, 3.8) is 0 Å². The molecule has 1 aromatic heterocycles. The van der Waals surface area contributed by atoms with Crippen molar-refractivity contribution in [3.8, 4) is 5.75 Å². The van der Waals surface area contributed by atoms with Gasteiger partial charge in [0.2, 0.25) is 5.96 Å². The number of nitrogens with one attached hydrogen (secondary N) is 3. The number of nitrogens with two attached hydrogens (primary N) is 1. The van der Waals surface area contributed by atoms with Crippen LogP contribution in [0.4, 0.5) is 5.69 Å². The fraction of sp³-hybridized carbons (Fsp3) is 0.105. The van der Waals surface area contributed by atoms with Gasteiger partial charge in [0.25, 0.3) is 5.91 Å². The molecule has 9 heteroatoms. The van der Waals surface area contributed by atoms with Crippen LogP contribution >= 0.6 is 0 Å². The van der Waals surface area contributed by atoms with Crippen LogP contribution in [0.2, 0.25) is 0 Å². The number of fused-ring (bicyclic) bond motifs is 1. The molecular weight excluding hydrogens is 360 g/mol. The predicted octanol–water partition coefficient (Wildman–Crippen LogP) is 2.45. The van der Waals surface area contributed by atoms with Gasteiger partial charge in [-0.15, -0.1) is 5.10 Å². The second-order valence-electron chi connectivity index (χ2n) is 5.95. The third kappa shape index (κ3) is 4.27. The molecule has 3 rings (SSSR count). The first-order chi connectivity index (χ1) is 13.5. The van der Waals surface area contributed by atoms with Crippen molar-refractivity contribution < 1.29 is 14.7 Å². The van der Waals surface area contributed by atoms with E-state index in [9.17, 15) is 4.79 Å². The molecule has 0 aliphatic heterocycles. The zero-order valence-electron chi connectivity index (χ0n) is 15.4. The molecule has 0 unspecified atom stereocenters. The lowest BCUT2D eigenvalue weighted by Gasteiger charge is -2.05. The van der Waals surface area contributed by atoms with Crippen LogP contribution in [0.25, 0.3) is 10.9 Å². The number of nitrogens with zero attached hydrogens (tertiary/aromatic N) is 2. The summed E-state index contributed by atoms with van der Waals surface area (Å²) >= 11 is 0. The third-order valence-corrected chi connectivity index (χ3v) is 4.06. The Morgan fingerprint density at radius 2 is 1.89 bits per heavy atom. The molecule has 0 radical (unpaired) electrons. The number of rotatable bonds is 5. The lowest BCUT2D eigenvalue weighted by atomic mass is 10.1. The Morgan fingerprint density at radius 3 is 2.57 bits per heavy atom. The summed E-state index contributed by atoms with van der Waals surface area (Å²) in [5.74, 6) is 0.269. The normalized spacial score (nSPS) is 12.1. The number of guanidine groups is 1. The van der Waals surface area contributed by atoms with Gasteiger partial charge >= 0.3 is 0 Å². The number of hydrogen-bond donors (Lipinski definition) is 5. The van der Waals surface area contributed by atoms with Gasteiger partial charge in [0, 0.05) is 16.6 Å². The largest absolute Gasteiger partial charge is 0.497 e. The SMILES string of the molecule is COc1ccc2[nH]c(C(=O)Nc3ccc(/C(C)=N\N=C(N)NO)cc3)cc2c1. The number of anilines is 1. The Morgan fingerprint density at radius 1 is 1.14 bits per heavy atom. The van der Waals surface area contributed by atoms with Crippen molar-refractivity contribution in [1.29, 1.82) is 0 Å². The maximum Gasteiger partial charge on any atom is 0.272 e. The molecule has 9 nitrogen and oxygen atoms in total. The molecule has 0 saturated heterocycles. The van der Waals surface area contributed by atoms with Crippen LogP contribution in [0.3, 0.4) is 0 Å². The van der Waals surface area contributed by atoms with Crippen molar-refractivity contribution in [1.82, 2.24) is 10.5 Å². The molecule has 2 aromatic carbocycles. The Balaban J connectivity index is 1.72. The Labute approximate surface area is 160 Å². The van der Waals surface area contributed by atoms with E-state index in [1.54, 1.807) is 49.8 Å². The highest BCUT2D eigenvalue weighted by Gasteiger charge is 2.10. The van der Waals surface area contributed by atoms with Gasteiger partial charge in [0.05, 0.1) is 12.8 Å². The number of ether oxygens (including phenoxy) is 1. The number of aromatic amines is 1. The fourth-order valence-electron chi connectivity index (χ4n) is 2.56. The molecule has 144 valence electrons. The van der Waals surface area contributed by atoms with Crippen molar-refractivity contribution in [2.24, 2.45) is 15.9 Å². The van der Waals surface area contributed by atoms with Crippen LogP contribution in [0.1, 0.15) is 23.0 Å². The molecule has 0 spiro atoms. The predicted molar refractivity (Wildman–Crippen MR) is 108 cm³/mol. The number of amides is 1. The number of carbonyl (C=O) groups is 1. The molecule has 0 atom stereocenters. The van der Waals surface area contributed by atoms with Crippen LogP contribution in [0.15, 0.2) is 58.7 Å². The molecule has 0 aliphatic rings. The quantitative estimate of drug-likeness (QED) is 0.263. The fourth-order valence-corrected chi connectivity index (χ4v) is 2.56. The minimum Gasteiger partial charge on any atom is -0.497 e. The Kier molecular flexibility index (Phi) is 5.56. The summed E-state index contributed by atoms with van der Waals surface area (Å²) in [7, 11) is 1.60.